The summed E-state index contributed by atoms with van der Waals surface area (Å²) >= 11 is 0. The highest BCUT2D eigenvalue weighted by Crippen LogP contribution is 2.55. The number of amides is 1. The van der Waals surface area contributed by atoms with Crippen LogP contribution in [0.15, 0.2) is 18.2 Å². The first-order valence-corrected chi connectivity index (χ1v) is 5.10. The minimum atomic E-state index is -0.291. The molecule has 1 amide bonds. The molecule has 15 heavy (non-hydrogen) atoms. The molecule has 1 fully saturated rings. The van der Waals surface area contributed by atoms with Crippen molar-refractivity contribution in [2.75, 3.05) is 5.32 Å². The van der Waals surface area contributed by atoms with E-state index in [0.717, 1.165) is 24.1 Å². The van der Waals surface area contributed by atoms with Gasteiger partial charge in [-0.3, -0.25) is 9.59 Å². The SMILES string of the molecule is CC(=O)c1ccc2c(c1)C1(CC1)C(=O)N2. The van der Waals surface area contributed by atoms with Crippen molar-refractivity contribution in [3.05, 3.63) is 29.3 Å². The first kappa shape index (κ1) is 8.65. The molecule has 0 radical (unpaired) electrons. The van der Waals surface area contributed by atoms with Crippen LogP contribution < -0.4 is 5.32 Å². The Kier molecular flexibility index (Phi) is 1.43. The zero-order valence-corrected chi connectivity index (χ0v) is 8.46. The van der Waals surface area contributed by atoms with Crippen LogP contribution in [0.4, 0.5) is 5.69 Å². The Morgan fingerprint density at radius 1 is 1.40 bits per heavy atom. The lowest BCUT2D eigenvalue weighted by atomic mass is 9.95. The Morgan fingerprint density at radius 3 is 2.73 bits per heavy atom. The van der Waals surface area contributed by atoms with E-state index in [1.165, 1.54) is 0 Å². The number of anilines is 1. The van der Waals surface area contributed by atoms with Crippen molar-refractivity contribution in [3.8, 4) is 0 Å². The smallest absolute Gasteiger partial charge is 0.235 e. The largest absolute Gasteiger partial charge is 0.325 e. The molecule has 3 rings (SSSR count). The summed E-state index contributed by atoms with van der Waals surface area (Å²) in [4.78, 5) is 23.0. The van der Waals surface area contributed by atoms with Crippen LogP contribution in [0.2, 0.25) is 0 Å². The first-order chi connectivity index (χ1) is 7.13. The highest BCUT2D eigenvalue weighted by Gasteiger charge is 2.56. The molecule has 1 heterocycles. The van der Waals surface area contributed by atoms with Crippen molar-refractivity contribution >= 4 is 17.4 Å². The predicted octanol–water partition coefficient (Wildman–Crippen LogP) is 1.87. The van der Waals surface area contributed by atoms with E-state index in [2.05, 4.69) is 5.32 Å². The molecule has 0 atom stereocenters. The van der Waals surface area contributed by atoms with Crippen LogP contribution in [0.3, 0.4) is 0 Å². The predicted molar refractivity (Wildman–Crippen MR) is 56.0 cm³/mol. The van der Waals surface area contributed by atoms with Crippen LogP contribution in [-0.4, -0.2) is 11.7 Å². The van der Waals surface area contributed by atoms with Gasteiger partial charge in [0, 0.05) is 11.3 Å². The van der Waals surface area contributed by atoms with Gasteiger partial charge in [0.15, 0.2) is 5.78 Å². The minimum absolute atomic E-state index is 0.0490. The number of Topliss-reactive ketones (excluding diaryl/α,β-unsaturated/α-hetero) is 1. The third-order valence-corrected chi connectivity index (χ3v) is 3.37. The molecule has 76 valence electrons. The molecule has 1 aliphatic heterocycles. The molecule has 1 saturated carbocycles. The molecule has 0 saturated heterocycles. The number of carbonyl (C=O) groups is 2. The molecule has 1 spiro atoms. The summed E-state index contributed by atoms with van der Waals surface area (Å²) in [5.41, 5.74) is 2.29. The lowest BCUT2D eigenvalue weighted by Crippen LogP contribution is -2.18. The second-order valence-electron chi connectivity index (χ2n) is 4.35. The van der Waals surface area contributed by atoms with Crippen LogP contribution in [0.5, 0.6) is 0 Å². The van der Waals surface area contributed by atoms with E-state index >= 15 is 0 Å². The average Bonchev–Trinajstić information content (AvgIpc) is 2.93. The standard InChI is InChI=1S/C12H11NO2/c1-7(14)8-2-3-10-9(6-8)12(4-5-12)11(15)13-10/h2-3,6H,4-5H2,1H3,(H,13,15). The van der Waals surface area contributed by atoms with Gasteiger partial charge in [0.2, 0.25) is 5.91 Å². The van der Waals surface area contributed by atoms with Crippen molar-refractivity contribution < 1.29 is 9.59 Å². The fourth-order valence-electron chi connectivity index (χ4n) is 2.25. The zero-order chi connectivity index (χ0) is 10.6. The summed E-state index contributed by atoms with van der Waals surface area (Å²) in [6.45, 7) is 1.55. The Morgan fingerprint density at radius 2 is 2.13 bits per heavy atom. The summed E-state index contributed by atoms with van der Waals surface area (Å²) in [5, 5.41) is 2.87. The van der Waals surface area contributed by atoms with Gasteiger partial charge in [-0.2, -0.15) is 0 Å². The summed E-state index contributed by atoms with van der Waals surface area (Å²) in [7, 11) is 0. The lowest BCUT2D eigenvalue weighted by Gasteiger charge is -2.05. The monoisotopic (exact) mass is 201 g/mol. The van der Waals surface area contributed by atoms with Gasteiger partial charge in [0.1, 0.15) is 0 Å². The molecule has 1 N–H and O–H groups in total. The lowest BCUT2D eigenvalue weighted by molar-refractivity contribution is -0.117. The molecule has 3 nitrogen and oxygen atoms in total. The molecular weight excluding hydrogens is 190 g/mol. The minimum Gasteiger partial charge on any atom is -0.325 e. The van der Waals surface area contributed by atoms with E-state index in [1.807, 2.05) is 12.1 Å². The third kappa shape index (κ3) is 1.00. The van der Waals surface area contributed by atoms with E-state index in [0.29, 0.717) is 5.56 Å². The normalized spacial score (nSPS) is 19.9. The van der Waals surface area contributed by atoms with Crippen LogP contribution >= 0.6 is 0 Å². The number of carbonyl (C=O) groups excluding carboxylic acids is 2. The van der Waals surface area contributed by atoms with Crippen LogP contribution in [0.1, 0.15) is 35.7 Å². The Labute approximate surface area is 87.5 Å². The molecule has 0 bridgehead atoms. The number of benzene rings is 1. The van der Waals surface area contributed by atoms with Gasteiger partial charge in [0.25, 0.3) is 0 Å². The molecule has 2 aliphatic rings. The van der Waals surface area contributed by atoms with E-state index in [9.17, 15) is 9.59 Å². The second-order valence-corrected chi connectivity index (χ2v) is 4.35. The van der Waals surface area contributed by atoms with Crippen molar-refractivity contribution in [1.82, 2.24) is 0 Å². The first-order valence-electron chi connectivity index (χ1n) is 5.10. The summed E-state index contributed by atoms with van der Waals surface area (Å²) in [6, 6.07) is 5.46. The molecule has 0 aromatic heterocycles. The second kappa shape index (κ2) is 2.48. The number of ketones is 1. The number of nitrogens with one attached hydrogen (secondary N) is 1. The fourth-order valence-corrected chi connectivity index (χ4v) is 2.25. The summed E-state index contributed by atoms with van der Waals surface area (Å²) < 4.78 is 0. The van der Waals surface area contributed by atoms with Crippen molar-refractivity contribution in [3.63, 3.8) is 0 Å². The van der Waals surface area contributed by atoms with Gasteiger partial charge in [-0.15, -0.1) is 0 Å². The Balaban J connectivity index is 2.17. The van der Waals surface area contributed by atoms with Gasteiger partial charge in [-0.05, 0) is 43.5 Å². The molecule has 3 heteroatoms. The van der Waals surface area contributed by atoms with E-state index in [4.69, 9.17) is 0 Å². The van der Waals surface area contributed by atoms with Crippen LogP contribution in [-0.2, 0) is 10.2 Å². The summed E-state index contributed by atoms with van der Waals surface area (Å²) in [5.74, 6) is 0.145. The zero-order valence-electron chi connectivity index (χ0n) is 8.46. The molecular formula is C12H11NO2. The quantitative estimate of drug-likeness (QED) is 0.705. The number of hydrogen-bond donors (Lipinski definition) is 1. The van der Waals surface area contributed by atoms with E-state index in [-0.39, 0.29) is 17.1 Å². The third-order valence-electron chi connectivity index (χ3n) is 3.37. The molecule has 1 aromatic rings. The Hall–Kier alpha value is -1.64. The number of hydrogen-bond acceptors (Lipinski definition) is 2. The number of rotatable bonds is 1. The van der Waals surface area contributed by atoms with Crippen molar-refractivity contribution in [2.45, 2.75) is 25.2 Å². The summed E-state index contributed by atoms with van der Waals surface area (Å²) in [6.07, 6.45) is 1.82. The maximum atomic E-state index is 11.7. The van der Waals surface area contributed by atoms with Gasteiger partial charge in [-0.25, -0.2) is 0 Å². The molecule has 1 aliphatic carbocycles. The average molecular weight is 201 g/mol. The van der Waals surface area contributed by atoms with Crippen molar-refractivity contribution in [1.29, 1.82) is 0 Å². The molecule has 0 unspecified atom stereocenters. The van der Waals surface area contributed by atoms with Crippen LogP contribution in [0, 0.1) is 0 Å². The van der Waals surface area contributed by atoms with Crippen LogP contribution in [0.25, 0.3) is 0 Å². The maximum Gasteiger partial charge on any atom is 0.235 e. The maximum absolute atomic E-state index is 11.7. The number of fused-ring (bicyclic) bond motifs is 2. The van der Waals surface area contributed by atoms with E-state index < -0.39 is 0 Å². The highest BCUT2D eigenvalue weighted by molar-refractivity contribution is 6.09. The van der Waals surface area contributed by atoms with Gasteiger partial charge < -0.3 is 5.32 Å². The van der Waals surface area contributed by atoms with Crippen molar-refractivity contribution in [2.24, 2.45) is 0 Å². The topological polar surface area (TPSA) is 46.2 Å². The fraction of sp³-hybridized carbons (Fsp3) is 0.333. The van der Waals surface area contributed by atoms with Gasteiger partial charge >= 0.3 is 0 Å². The molecule has 1 aromatic carbocycles. The Bertz CT molecular complexity index is 486. The van der Waals surface area contributed by atoms with Gasteiger partial charge in [0.05, 0.1) is 5.41 Å². The van der Waals surface area contributed by atoms with E-state index in [1.54, 1.807) is 13.0 Å². The highest BCUT2D eigenvalue weighted by atomic mass is 16.2. The van der Waals surface area contributed by atoms with Gasteiger partial charge in [-0.1, -0.05) is 0 Å².